The molecule has 0 unspecified atom stereocenters. The minimum atomic E-state index is -0.473. The minimum Gasteiger partial charge on any atom is -0.267 e. The number of hydrogen-bond acceptors (Lipinski definition) is 3. The molecule has 0 saturated carbocycles. The highest BCUT2D eigenvalue weighted by Crippen LogP contribution is 2.12. The molecule has 6 heteroatoms. The number of aromatic nitrogens is 1. The van der Waals surface area contributed by atoms with Gasteiger partial charge >= 0.3 is 0 Å². The molecule has 23 heavy (non-hydrogen) atoms. The molecule has 0 aliphatic heterocycles. The monoisotopic (exact) mass is 369 g/mol. The summed E-state index contributed by atoms with van der Waals surface area (Å²) in [5, 5.41) is 0.947. The largest absolute Gasteiger partial charge is 0.288 e. The molecule has 1 heterocycles. The smallest absolute Gasteiger partial charge is 0.267 e. The molecule has 3 aromatic rings. The van der Waals surface area contributed by atoms with Crippen LogP contribution in [-0.4, -0.2) is 16.8 Å². The van der Waals surface area contributed by atoms with E-state index in [2.05, 4.69) is 31.8 Å². The molecule has 5 nitrogen and oxygen atoms in total. The van der Waals surface area contributed by atoms with Crippen molar-refractivity contribution < 1.29 is 9.59 Å². The van der Waals surface area contributed by atoms with Crippen LogP contribution in [0.2, 0.25) is 0 Å². The quantitative estimate of drug-likeness (QED) is 0.681. The molecular weight excluding hydrogens is 358 g/mol. The Balaban J connectivity index is 1.69. The van der Waals surface area contributed by atoms with Gasteiger partial charge in [-0.25, -0.2) is 4.98 Å². The van der Waals surface area contributed by atoms with Crippen LogP contribution in [0.25, 0.3) is 10.9 Å². The lowest BCUT2D eigenvalue weighted by Gasteiger charge is -2.08. The van der Waals surface area contributed by atoms with Crippen molar-refractivity contribution in [2.45, 2.75) is 0 Å². The van der Waals surface area contributed by atoms with Crippen molar-refractivity contribution in [2.75, 3.05) is 0 Å². The maximum Gasteiger partial charge on any atom is 0.288 e. The summed E-state index contributed by atoms with van der Waals surface area (Å²) in [4.78, 5) is 28.3. The van der Waals surface area contributed by atoms with Gasteiger partial charge in [0.05, 0.1) is 5.52 Å². The van der Waals surface area contributed by atoms with Gasteiger partial charge in [0.2, 0.25) is 0 Å². The van der Waals surface area contributed by atoms with Gasteiger partial charge in [-0.05, 0) is 30.3 Å². The van der Waals surface area contributed by atoms with Gasteiger partial charge in [0, 0.05) is 15.4 Å². The van der Waals surface area contributed by atoms with Crippen LogP contribution in [-0.2, 0) is 0 Å². The second-order valence-corrected chi connectivity index (χ2v) is 5.72. The van der Waals surface area contributed by atoms with Gasteiger partial charge in [0.25, 0.3) is 11.8 Å². The Kier molecular flexibility index (Phi) is 4.34. The van der Waals surface area contributed by atoms with Crippen molar-refractivity contribution in [1.82, 2.24) is 15.8 Å². The van der Waals surface area contributed by atoms with E-state index in [1.165, 1.54) is 0 Å². The summed E-state index contributed by atoms with van der Waals surface area (Å²) in [5.74, 6) is -0.875. The van der Waals surface area contributed by atoms with Gasteiger partial charge < -0.3 is 0 Å². The van der Waals surface area contributed by atoms with Crippen molar-refractivity contribution in [3.05, 3.63) is 76.4 Å². The number of nitrogens with one attached hydrogen (secondary N) is 2. The molecule has 0 aliphatic rings. The molecule has 0 aliphatic carbocycles. The van der Waals surface area contributed by atoms with E-state index in [9.17, 15) is 9.59 Å². The zero-order valence-electron chi connectivity index (χ0n) is 11.9. The lowest BCUT2D eigenvalue weighted by Crippen LogP contribution is -2.41. The molecule has 0 spiro atoms. The Bertz CT molecular complexity index is 896. The Labute approximate surface area is 140 Å². The zero-order chi connectivity index (χ0) is 16.2. The standard InChI is InChI=1S/C17H12BrN3O2/c18-13-6-3-5-12(10-13)16(22)20-21-17(23)15-9-8-11-4-1-2-7-14(11)19-15/h1-10H,(H,20,22)(H,21,23). The topological polar surface area (TPSA) is 71.1 Å². The van der Waals surface area contributed by atoms with Crippen LogP contribution in [0.1, 0.15) is 20.8 Å². The van der Waals surface area contributed by atoms with Crippen molar-refractivity contribution in [3.8, 4) is 0 Å². The van der Waals surface area contributed by atoms with Crippen LogP contribution in [0.5, 0.6) is 0 Å². The lowest BCUT2D eigenvalue weighted by molar-refractivity contribution is 0.0844. The molecule has 2 amide bonds. The highest BCUT2D eigenvalue weighted by molar-refractivity contribution is 9.10. The normalized spacial score (nSPS) is 10.3. The van der Waals surface area contributed by atoms with Gasteiger partial charge in [-0.2, -0.15) is 0 Å². The van der Waals surface area contributed by atoms with E-state index >= 15 is 0 Å². The fourth-order valence-corrected chi connectivity index (χ4v) is 2.47. The van der Waals surface area contributed by atoms with Crippen LogP contribution in [0.3, 0.4) is 0 Å². The summed E-state index contributed by atoms with van der Waals surface area (Å²) in [6, 6.07) is 17.8. The third-order valence-electron chi connectivity index (χ3n) is 3.21. The summed E-state index contributed by atoms with van der Waals surface area (Å²) >= 11 is 3.29. The number of para-hydroxylation sites is 1. The number of hydrazine groups is 1. The molecule has 2 N–H and O–H groups in total. The molecule has 3 rings (SSSR count). The van der Waals surface area contributed by atoms with Crippen molar-refractivity contribution in [2.24, 2.45) is 0 Å². The SMILES string of the molecule is O=C(NNC(=O)c1ccc2ccccc2n1)c1cccc(Br)c1. The second-order valence-electron chi connectivity index (χ2n) is 4.81. The average Bonchev–Trinajstić information content (AvgIpc) is 2.59. The first kappa shape index (κ1) is 15.2. The number of pyridine rings is 1. The molecule has 114 valence electrons. The number of carbonyl (C=O) groups is 2. The van der Waals surface area contributed by atoms with Gasteiger partial charge in [0.15, 0.2) is 0 Å². The highest BCUT2D eigenvalue weighted by atomic mass is 79.9. The van der Waals surface area contributed by atoms with Gasteiger partial charge in [-0.3, -0.25) is 20.4 Å². The van der Waals surface area contributed by atoms with E-state index in [0.29, 0.717) is 5.56 Å². The van der Waals surface area contributed by atoms with Crippen molar-refractivity contribution in [1.29, 1.82) is 0 Å². The third kappa shape index (κ3) is 3.54. The summed E-state index contributed by atoms with van der Waals surface area (Å²) < 4.78 is 0.785. The maximum atomic E-state index is 12.1. The number of benzene rings is 2. The maximum absolute atomic E-state index is 12.1. The predicted molar refractivity (Wildman–Crippen MR) is 90.8 cm³/mol. The molecular formula is C17H12BrN3O2. The van der Waals surface area contributed by atoms with Gasteiger partial charge in [-0.1, -0.05) is 46.3 Å². The number of rotatable bonds is 2. The Morgan fingerprint density at radius 3 is 2.48 bits per heavy atom. The molecule has 1 aromatic heterocycles. The Morgan fingerprint density at radius 1 is 0.870 bits per heavy atom. The Hall–Kier alpha value is -2.73. The summed E-state index contributed by atoms with van der Waals surface area (Å²) in [5.41, 5.74) is 6.13. The summed E-state index contributed by atoms with van der Waals surface area (Å²) in [6.45, 7) is 0. The van der Waals surface area contributed by atoms with E-state index in [-0.39, 0.29) is 5.69 Å². The number of halogens is 1. The first-order valence-corrected chi connectivity index (χ1v) is 7.65. The Morgan fingerprint density at radius 2 is 1.65 bits per heavy atom. The van der Waals surface area contributed by atoms with Gasteiger partial charge in [0.1, 0.15) is 5.69 Å². The fourth-order valence-electron chi connectivity index (χ4n) is 2.07. The third-order valence-corrected chi connectivity index (χ3v) is 3.70. The van der Waals surface area contributed by atoms with E-state index < -0.39 is 11.8 Å². The van der Waals surface area contributed by atoms with E-state index in [4.69, 9.17) is 0 Å². The lowest BCUT2D eigenvalue weighted by atomic mass is 10.2. The van der Waals surface area contributed by atoms with Crippen LogP contribution in [0.15, 0.2) is 65.1 Å². The highest BCUT2D eigenvalue weighted by Gasteiger charge is 2.11. The minimum absolute atomic E-state index is 0.234. The second kappa shape index (κ2) is 6.58. The van der Waals surface area contributed by atoms with Crippen LogP contribution >= 0.6 is 15.9 Å². The molecule has 0 fully saturated rings. The summed E-state index contributed by atoms with van der Waals surface area (Å²) in [7, 11) is 0. The zero-order valence-corrected chi connectivity index (χ0v) is 13.5. The summed E-state index contributed by atoms with van der Waals surface area (Å²) in [6.07, 6.45) is 0. The first-order valence-electron chi connectivity index (χ1n) is 6.85. The van der Waals surface area contributed by atoms with Crippen LogP contribution in [0.4, 0.5) is 0 Å². The van der Waals surface area contributed by atoms with Crippen molar-refractivity contribution in [3.63, 3.8) is 0 Å². The molecule has 0 saturated heterocycles. The van der Waals surface area contributed by atoms with Crippen LogP contribution < -0.4 is 10.9 Å². The molecule has 2 aromatic carbocycles. The number of nitrogens with zero attached hydrogens (tertiary/aromatic N) is 1. The van der Waals surface area contributed by atoms with E-state index in [0.717, 1.165) is 15.4 Å². The predicted octanol–water partition coefficient (Wildman–Crippen LogP) is 3.07. The average molecular weight is 370 g/mol. The number of hydrogen-bond donors (Lipinski definition) is 2. The molecule has 0 bridgehead atoms. The van der Waals surface area contributed by atoms with E-state index in [1.807, 2.05) is 36.4 Å². The fraction of sp³-hybridized carbons (Fsp3) is 0. The first-order chi connectivity index (χ1) is 11.1. The van der Waals surface area contributed by atoms with Gasteiger partial charge in [-0.15, -0.1) is 0 Å². The molecule has 0 radical (unpaired) electrons. The van der Waals surface area contributed by atoms with Crippen molar-refractivity contribution >= 4 is 38.6 Å². The van der Waals surface area contributed by atoms with E-state index in [1.54, 1.807) is 24.3 Å². The van der Waals surface area contributed by atoms with Crippen LogP contribution in [0, 0.1) is 0 Å². The number of carbonyl (C=O) groups excluding carboxylic acids is 2. The number of fused-ring (bicyclic) bond motifs is 1. The molecule has 0 atom stereocenters. The number of amides is 2.